The minimum atomic E-state index is -0.0911. The van der Waals surface area contributed by atoms with Gasteiger partial charge in [-0.05, 0) is 43.7 Å². The molecule has 21 heavy (non-hydrogen) atoms. The van der Waals surface area contributed by atoms with Crippen LogP contribution in [0, 0.1) is 0 Å². The van der Waals surface area contributed by atoms with Gasteiger partial charge in [0.25, 0.3) is 0 Å². The van der Waals surface area contributed by atoms with Crippen LogP contribution in [0.3, 0.4) is 0 Å². The molecule has 1 aromatic carbocycles. The molecule has 2 saturated carbocycles. The predicted octanol–water partition coefficient (Wildman–Crippen LogP) is 3.19. The molecule has 1 unspecified atom stereocenters. The molecule has 1 atom stereocenters. The lowest BCUT2D eigenvalue weighted by Gasteiger charge is -2.24. The lowest BCUT2D eigenvalue weighted by atomic mass is 9.93. The third-order valence-electron chi connectivity index (χ3n) is 5.12. The van der Waals surface area contributed by atoms with E-state index in [1.807, 2.05) is 6.92 Å². The van der Waals surface area contributed by atoms with E-state index in [0.717, 1.165) is 31.2 Å². The molecule has 0 spiro atoms. The summed E-state index contributed by atoms with van der Waals surface area (Å²) in [6.07, 6.45) is 8.21. The van der Waals surface area contributed by atoms with Gasteiger partial charge in [0.1, 0.15) is 0 Å². The van der Waals surface area contributed by atoms with Crippen molar-refractivity contribution in [3.8, 4) is 0 Å². The molecule has 2 aliphatic carbocycles. The van der Waals surface area contributed by atoms with E-state index in [2.05, 4.69) is 29.6 Å². The first-order valence-corrected chi connectivity index (χ1v) is 8.28. The second-order valence-corrected chi connectivity index (χ2v) is 6.84. The van der Waals surface area contributed by atoms with Crippen LogP contribution in [-0.4, -0.2) is 11.9 Å². The highest BCUT2D eigenvalue weighted by Crippen LogP contribution is 2.42. The Morgan fingerprint density at radius 3 is 2.38 bits per heavy atom. The van der Waals surface area contributed by atoms with Crippen LogP contribution in [-0.2, 0) is 10.3 Å². The third kappa shape index (κ3) is 3.29. The summed E-state index contributed by atoms with van der Waals surface area (Å²) in [4.78, 5) is 12.4. The van der Waals surface area contributed by atoms with Crippen molar-refractivity contribution in [2.45, 2.75) is 69.4 Å². The van der Waals surface area contributed by atoms with Gasteiger partial charge in [-0.15, -0.1) is 0 Å². The molecule has 1 aromatic rings. The molecule has 0 saturated heterocycles. The number of nitrogens with one attached hydrogen (secondary N) is 1. The molecule has 0 aliphatic heterocycles. The van der Waals surface area contributed by atoms with Crippen LogP contribution in [0.2, 0.25) is 0 Å². The van der Waals surface area contributed by atoms with Gasteiger partial charge in [-0.3, -0.25) is 4.79 Å². The van der Waals surface area contributed by atoms with Crippen LogP contribution in [0.25, 0.3) is 0 Å². The monoisotopic (exact) mass is 286 g/mol. The molecule has 0 radical (unpaired) electrons. The van der Waals surface area contributed by atoms with Crippen molar-refractivity contribution in [3.05, 3.63) is 35.4 Å². The first kappa shape index (κ1) is 14.6. The number of hydrogen-bond acceptors (Lipinski definition) is 2. The number of hydrogen-bond donors (Lipinski definition) is 2. The van der Waals surface area contributed by atoms with E-state index in [0.29, 0.717) is 6.04 Å². The first-order valence-electron chi connectivity index (χ1n) is 8.28. The van der Waals surface area contributed by atoms with Crippen LogP contribution in [0.1, 0.15) is 68.9 Å². The van der Waals surface area contributed by atoms with Gasteiger partial charge in [0.2, 0.25) is 5.91 Å². The highest BCUT2D eigenvalue weighted by molar-refractivity contribution is 5.83. The summed E-state index contributed by atoms with van der Waals surface area (Å²) in [7, 11) is 0. The predicted molar refractivity (Wildman–Crippen MR) is 85.0 cm³/mol. The van der Waals surface area contributed by atoms with Crippen molar-refractivity contribution >= 4 is 5.91 Å². The highest BCUT2D eigenvalue weighted by atomic mass is 16.1. The topological polar surface area (TPSA) is 55.1 Å². The van der Waals surface area contributed by atoms with Gasteiger partial charge >= 0.3 is 0 Å². The summed E-state index contributed by atoms with van der Waals surface area (Å²) in [5.74, 6) is 0.0671. The number of rotatable bonds is 4. The van der Waals surface area contributed by atoms with Crippen LogP contribution < -0.4 is 11.1 Å². The zero-order valence-electron chi connectivity index (χ0n) is 12.9. The zero-order valence-corrected chi connectivity index (χ0v) is 12.9. The van der Waals surface area contributed by atoms with Gasteiger partial charge in [-0.2, -0.15) is 0 Å². The molecule has 0 bridgehead atoms. The van der Waals surface area contributed by atoms with Crippen LogP contribution in [0.15, 0.2) is 24.3 Å². The lowest BCUT2D eigenvalue weighted by Crippen LogP contribution is -2.38. The Hall–Kier alpha value is -1.35. The number of amides is 1. The van der Waals surface area contributed by atoms with Crippen LogP contribution in [0.5, 0.6) is 0 Å². The van der Waals surface area contributed by atoms with Crippen molar-refractivity contribution in [2.24, 2.45) is 5.73 Å². The molecule has 1 amide bonds. The molecule has 3 nitrogen and oxygen atoms in total. The Morgan fingerprint density at radius 1 is 1.19 bits per heavy atom. The minimum absolute atomic E-state index is 0.0890. The fourth-order valence-corrected chi connectivity index (χ4v) is 3.25. The summed E-state index contributed by atoms with van der Waals surface area (Å²) in [6, 6.07) is 8.69. The second kappa shape index (κ2) is 5.80. The van der Waals surface area contributed by atoms with Gasteiger partial charge in [0.15, 0.2) is 0 Å². The van der Waals surface area contributed by atoms with Gasteiger partial charge in [-0.1, -0.05) is 43.5 Å². The van der Waals surface area contributed by atoms with Crippen molar-refractivity contribution in [3.63, 3.8) is 0 Å². The molecule has 2 fully saturated rings. The molecule has 3 rings (SSSR count). The van der Waals surface area contributed by atoms with Crippen LogP contribution in [0.4, 0.5) is 0 Å². The minimum Gasteiger partial charge on any atom is -0.353 e. The number of benzene rings is 1. The maximum Gasteiger partial charge on any atom is 0.227 e. The van der Waals surface area contributed by atoms with E-state index in [1.165, 1.54) is 24.8 Å². The molecule has 2 aliphatic rings. The normalized spacial score (nSPS) is 22.6. The molecule has 0 heterocycles. The van der Waals surface area contributed by atoms with E-state index in [9.17, 15) is 4.79 Å². The summed E-state index contributed by atoms with van der Waals surface area (Å²) in [5.41, 5.74) is 8.39. The van der Waals surface area contributed by atoms with Gasteiger partial charge < -0.3 is 11.1 Å². The Kier molecular flexibility index (Phi) is 4.03. The van der Waals surface area contributed by atoms with E-state index in [4.69, 9.17) is 5.73 Å². The number of carbonyl (C=O) groups is 1. The maximum absolute atomic E-state index is 12.4. The molecule has 3 N–H and O–H groups in total. The summed E-state index contributed by atoms with van der Waals surface area (Å²) in [6.45, 7) is 1.99. The van der Waals surface area contributed by atoms with Crippen LogP contribution >= 0.6 is 0 Å². The second-order valence-electron chi connectivity index (χ2n) is 6.84. The van der Waals surface area contributed by atoms with Crippen molar-refractivity contribution < 1.29 is 4.79 Å². The van der Waals surface area contributed by atoms with E-state index in [-0.39, 0.29) is 17.4 Å². The summed E-state index contributed by atoms with van der Waals surface area (Å²) in [5, 5.41) is 3.21. The smallest absolute Gasteiger partial charge is 0.227 e. The Bertz CT molecular complexity index is 498. The molecular weight excluding hydrogens is 260 g/mol. The van der Waals surface area contributed by atoms with E-state index in [1.54, 1.807) is 0 Å². The number of carbonyl (C=O) groups excluding carboxylic acids is 1. The standard InChI is InChI=1S/C18H26N2O/c1-13(17(21)20-16-5-3-2-4-6-16)14-7-9-15(10-8-14)18(19)11-12-18/h7-10,13,16H,2-6,11-12,19H2,1H3,(H,20,21). The average Bonchev–Trinajstić information content (AvgIpc) is 3.27. The lowest BCUT2D eigenvalue weighted by molar-refractivity contribution is -0.123. The highest BCUT2D eigenvalue weighted by Gasteiger charge is 2.39. The van der Waals surface area contributed by atoms with E-state index < -0.39 is 0 Å². The number of nitrogens with two attached hydrogens (primary N) is 1. The van der Waals surface area contributed by atoms with Crippen molar-refractivity contribution in [2.75, 3.05) is 0 Å². The zero-order chi connectivity index (χ0) is 14.9. The molecular formula is C18H26N2O. The SMILES string of the molecule is CC(C(=O)NC1CCCCC1)c1ccc(C2(N)CC2)cc1. The van der Waals surface area contributed by atoms with Crippen molar-refractivity contribution in [1.29, 1.82) is 0 Å². The first-order chi connectivity index (χ1) is 10.1. The Labute approximate surface area is 127 Å². The van der Waals surface area contributed by atoms with Gasteiger partial charge in [-0.25, -0.2) is 0 Å². The summed E-state index contributed by atoms with van der Waals surface area (Å²) < 4.78 is 0. The Balaban J connectivity index is 1.61. The van der Waals surface area contributed by atoms with Crippen molar-refractivity contribution in [1.82, 2.24) is 5.32 Å². The van der Waals surface area contributed by atoms with E-state index >= 15 is 0 Å². The summed E-state index contributed by atoms with van der Waals surface area (Å²) >= 11 is 0. The fraction of sp³-hybridized carbons (Fsp3) is 0.611. The van der Waals surface area contributed by atoms with Gasteiger partial charge in [0.05, 0.1) is 5.92 Å². The molecule has 114 valence electrons. The van der Waals surface area contributed by atoms with Gasteiger partial charge in [0, 0.05) is 11.6 Å². The third-order valence-corrected chi connectivity index (χ3v) is 5.12. The average molecular weight is 286 g/mol. The largest absolute Gasteiger partial charge is 0.353 e. The molecule has 3 heteroatoms. The molecule has 0 aromatic heterocycles. The maximum atomic E-state index is 12.4. The fourth-order valence-electron chi connectivity index (χ4n) is 3.25. The Morgan fingerprint density at radius 2 is 1.81 bits per heavy atom. The quantitative estimate of drug-likeness (QED) is 0.893.